The monoisotopic (exact) mass is 284 g/mol. The summed E-state index contributed by atoms with van der Waals surface area (Å²) in [7, 11) is 0. The maximum atomic E-state index is 13.8. The Hall–Kier alpha value is -2.36. The van der Waals surface area contributed by atoms with Crippen molar-refractivity contribution in [3.05, 3.63) is 58.9 Å². The number of fused-ring (bicyclic) bond motifs is 1. The zero-order chi connectivity index (χ0) is 14.8. The van der Waals surface area contributed by atoms with Crippen molar-refractivity contribution in [3.8, 4) is 0 Å². The van der Waals surface area contributed by atoms with E-state index in [4.69, 9.17) is 5.73 Å². The smallest absolute Gasteiger partial charge is 0.258 e. The molecule has 2 aromatic rings. The maximum absolute atomic E-state index is 13.8. The third kappa shape index (κ3) is 2.75. The molecule has 1 aliphatic carbocycles. The molecule has 1 amide bonds. The van der Waals surface area contributed by atoms with Crippen molar-refractivity contribution >= 4 is 17.3 Å². The molecule has 108 valence electrons. The van der Waals surface area contributed by atoms with Crippen molar-refractivity contribution in [1.82, 2.24) is 0 Å². The zero-order valence-electron chi connectivity index (χ0n) is 11.7. The fourth-order valence-corrected chi connectivity index (χ4v) is 2.80. The predicted molar refractivity (Wildman–Crippen MR) is 81.8 cm³/mol. The number of aryl methyl sites for hydroxylation is 1. The summed E-state index contributed by atoms with van der Waals surface area (Å²) < 4.78 is 13.8. The van der Waals surface area contributed by atoms with Crippen molar-refractivity contribution in [2.24, 2.45) is 0 Å². The van der Waals surface area contributed by atoms with E-state index in [-0.39, 0.29) is 5.56 Å². The third-order valence-electron chi connectivity index (χ3n) is 3.88. The van der Waals surface area contributed by atoms with Crippen LogP contribution in [0.25, 0.3) is 0 Å². The second kappa shape index (κ2) is 5.56. The molecular weight excluding hydrogens is 267 g/mol. The molecule has 0 heterocycles. The van der Waals surface area contributed by atoms with Crippen LogP contribution in [0.5, 0.6) is 0 Å². The van der Waals surface area contributed by atoms with Gasteiger partial charge in [-0.2, -0.15) is 0 Å². The molecule has 0 unspecified atom stereocenters. The average molecular weight is 284 g/mol. The standard InChI is InChI=1S/C17H17FN2O/c18-15-10-12(19)8-9-14(15)17(21)20-16-7-3-5-11-4-1-2-6-13(11)16/h3,5,7-10H,1-2,4,6,19H2,(H,20,21). The Morgan fingerprint density at radius 2 is 1.95 bits per heavy atom. The van der Waals surface area contributed by atoms with Gasteiger partial charge in [-0.3, -0.25) is 4.79 Å². The second-order valence-corrected chi connectivity index (χ2v) is 5.34. The fraction of sp³-hybridized carbons (Fsp3) is 0.235. The highest BCUT2D eigenvalue weighted by Gasteiger charge is 2.17. The van der Waals surface area contributed by atoms with Crippen molar-refractivity contribution in [3.63, 3.8) is 0 Å². The quantitative estimate of drug-likeness (QED) is 0.829. The number of nitrogen functional groups attached to an aromatic ring is 1. The largest absolute Gasteiger partial charge is 0.399 e. The Kier molecular flexibility index (Phi) is 3.60. The Morgan fingerprint density at radius 3 is 2.76 bits per heavy atom. The Labute approximate surface area is 123 Å². The van der Waals surface area contributed by atoms with Crippen molar-refractivity contribution in [2.75, 3.05) is 11.1 Å². The van der Waals surface area contributed by atoms with Gasteiger partial charge in [-0.05, 0) is 61.1 Å². The van der Waals surface area contributed by atoms with Crippen LogP contribution in [-0.2, 0) is 12.8 Å². The van der Waals surface area contributed by atoms with Crippen LogP contribution in [0.2, 0.25) is 0 Å². The van der Waals surface area contributed by atoms with Crippen molar-refractivity contribution in [1.29, 1.82) is 0 Å². The minimum absolute atomic E-state index is 0.0117. The number of amides is 1. The van der Waals surface area contributed by atoms with Gasteiger partial charge in [-0.25, -0.2) is 4.39 Å². The number of hydrogen-bond acceptors (Lipinski definition) is 2. The van der Waals surface area contributed by atoms with Crippen LogP contribution in [-0.4, -0.2) is 5.91 Å². The summed E-state index contributed by atoms with van der Waals surface area (Å²) in [6, 6.07) is 9.99. The first kappa shape index (κ1) is 13.6. The molecule has 3 N–H and O–H groups in total. The molecule has 0 spiro atoms. The second-order valence-electron chi connectivity index (χ2n) is 5.34. The summed E-state index contributed by atoms with van der Waals surface area (Å²) in [5.74, 6) is -1.04. The average Bonchev–Trinajstić information content (AvgIpc) is 2.47. The van der Waals surface area contributed by atoms with Crippen molar-refractivity contribution < 1.29 is 9.18 Å². The van der Waals surface area contributed by atoms with Gasteiger partial charge in [0.25, 0.3) is 5.91 Å². The Bertz CT molecular complexity index is 697. The molecule has 3 rings (SSSR count). The highest BCUT2D eigenvalue weighted by Crippen LogP contribution is 2.28. The number of halogens is 1. The lowest BCUT2D eigenvalue weighted by molar-refractivity contribution is 0.102. The molecule has 0 atom stereocenters. The molecule has 2 aromatic carbocycles. The van der Waals surface area contributed by atoms with Gasteiger partial charge in [-0.1, -0.05) is 12.1 Å². The summed E-state index contributed by atoms with van der Waals surface area (Å²) >= 11 is 0. The van der Waals surface area contributed by atoms with Crippen LogP contribution < -0.4 is 11.1 Å². The van der Waals surface area contributed by atoms with Crippen LogP contribution in [0.3, 0.4) is 0 Å². The summed E-state index contributed by atoms with van der Waals surface area (Å²) in [4.78, 5) is 12.2. The number of rotatable bonds is 2. The SMILES string of the molecule is Nc1ccc(C(=O)Nc2cccc3c2CCCC3)c(F)c1. The number of nitrogens with two attached hydrogens (primary N) is 1. The number of nitrogens with one attached hydrogen (secondary N) is 1. The van der Waals surface area contributed by atoms with Gasteiger partial charge in [0.2, 0.25) is 0 Å². The first-order valence-corrected chi connectivity index (χ1v) is 7.12. The lowest BCUT2D eigenvalue weighted by Gasteiger charge is -2.19. The Balaban J connectivity index is 1.88. The third-order valence-corrected chi connectivity index (χ3v) is 3.88. The van der Waals surface area contributed by atoms with Gasteiger partial charge >= 0.3 is 0 Å². The van der Waals surface area contributed by atoms with Crippen LogP contribution >= 0.6 is 0 Å². The summed E-state index contributed by atoms with van der Waals surface area (Å²) in [6.45, 7) is 0. The van der Waals surface area contributed by atoms with E-state index >= 15 is 0 Å². The Morgan fingerprint density at radius 1 is 1.14 bits per heavy atom. The maximum Gasteiger partial charge on any atom is 0.258 e. The molecule has 0 saturated heterocycles. The number of carbonyl (C=O) groups excluding carboxylic acids is 1. The molecule has 0 aromatic heterocycles. The normalized spacial score (nSPS) is 13.6. The van der Waals surface area contributed by atoms with Crippen molar-refractivity contribution in [2.45, 2.75) is 25.7 Å². The van der Waals surface area contributed by atoms with E-state index in [9.17, 15) is 9.18 Å². The van der Waals surface area contributed by atoms with E-state index in [0.29, 0.717) is 5.69 Å². The van der Waals surface area contributed by atoms with Gasteiger partial charge in [0, 0.05) is 11.4 Å². The highest BCUT2D eigenvalue weighted by atomic mass is 19.1. The number of carbonyl (C=O) groups is 1. The lowest BCUT2D eigenvalue weighted by atomic mass is 9.90. The van der Waals surface area contributed by atoms with E-state index in [1.807, 2.05) is 12.1 Å². The van der Waals surface area contributed by atoms with Crippen LogP contribution in [0.4, 0.5) is 15.8 Å². The fourth-order valence-electron chi connectivity index (χ4n) is 2.80. The predicted octanol–water partition coefficient (Wildman–Crippen LogP) is 3.54. The first-order valence-electron chi connectivity index (χ1n) is 7.12. The molecule has 1 aliphatic rings. The number of hydrogen-bond donors (Lipinski definition) is 2. The zero-order valence-corrected chi connectivity index (χ0v) is 11.7. The van der Waals surface area contributed by atoms with Gasteiger partial charge in [0.1, 0.15) is 5.82 Å². The van der Waals surface area contributed by atoms with Crippen LogP contribution in [0, 0.1) is 5.82 Å². The van der Waals surface area contributed by atoms with E-state index in [2.05, 4.69) is 11.4 Å². The van der Waals surface area contributed by atoms with E-state index in [0.717, 1.165) is 31.0 Å². The summed E-state index contributed by atoms with van der Waals surface area (Å²) in [5.41, 5.74) is 9.05. The number of benzene rings is 2. The highest BCUT2D eigenvalue weighted by molar-refractivity contribution is 6.05. The molecule has 0 radical (unpaired) electrons. The summed E-state index contributed by atoms with van der Waals surface area (Å²) in [6.07, 6.45) is 4.29. The van der Waals surface area contributed by atoms with E-state index < -0.39 is 11.7 Å². The van der Waals surface area contributed by atoms with Gasteiger partial charge in [-0.15, -0.1) is 0 Å². The molecule has 0 bridgehead atoms. The molecular formula is C17H17FN2O. The summed E-state index contributed by atoms with van der Waals surface area (Å²) in [5, 5.41) is 2.83. The molecule has 0 fully saturated rings. The van der Waals surface area contributed by atoms with E-state index in [1.165, 1.54) is 29.7 Å². The van der Waals surface area contributed by atoms with E-state index in [1.54, 1.807) is 0 Å². The minimum Gasteiger partial charge on any atom is -0.399 e. The molecule has 21 heavy (non-hydrogen) atoms. The number of anilines is 2. The molecule has 0 saturated carbocycles. The van der Waals surface area contributed by atoms with Crippen LogP contribution in [0.15, 0.2) is 36.4 Å². The first-order chi connectivity index (χ1) is 10.1. The van der Waals surface area contributed by atoms with Gasteiger partial charge in [0.15, 0.2) is 0 Å². The molecule has 4 heteroatoms. The lowest BCUT2D eigenvalue weighted by Crippen LogP contribution is -2.16. The topological polar surface area (TPSA) is 55.1 Å². The minimum atomic E-state index is -0.600. The molecule has 0 aliphatic heterocycles. The van der Waals surface area contributed by atoms with Gasteiger partial charge in [0.05, 0.1) is 5.56 Å². The van der Waals surface area contributed by atoms with Gasteiger partial charge < -0.3 is 11.1 Å². The van der Waals surface area contributed by atoms with Crippen LogP contribution in [0.1, 0.15) is 34.3 Å². The molecule has 3 nitrogen and oxygen atoms in total.